The Bertz CT molecular complexity index is 1730. The van der Waals surface area contributed by atoms with Gasteiger partial charge in [-0.3, -0.25) is 19.0 Å². The summed E-state index contributed by atoms with van der Waals surface area (Å²) < 4.78 is 26.0. The number of hydroxylamine groups is 1. The van der Waals surface area contributed by atoms with Gasteiger partial charge in [0, 0.05) is 18.8 Å². The van der Waals surface area contributed by atoms with Crippen molar-refractivity contribution in [2.45, 2.75) is 77.9 Å². The molecule has 44 heavy (non-hydrogen) atoms. The van der Waals surface area contributed by atoms with Gasteiger partial charge < -0.3 is 18.6 Å². The van der Waals surface area contributed by atoms with Crippen molar-refractivity contribution < 1.29 is 28.3 Å². The molecule has 4 heterocycles. The smallest absolute Gasteiger partial charge is 0.333 e. The van der Waals surface area contributed by atoms with Crippen molar-refractivity contribution in [3.63, 3.8) is 0 Å². The van der Waals surface area contributed by atoms with E-state index in [1.54, 1.807) is 27.9 Å². The Balaban J connectivity index is 1.73. The van der Waals surface area contributed by atoms with Gasteiger partial charge in [0.1, 0.15) is 28.5 Å². The third kappa shape index (κ3) is 6.09. The van der Waals surface area contributed by atoms with E-state index in [0.717, 1.165) is 10.1 Å². The normalized spacial score (nSPS) is 15.2. The SMILES string of the molecule is COc1ccccc1C(Cn1c(=O)n(C(C)(C)C(=O)NOC(C)C)c(=O)c2c(C)c(-c3ncco3)sc21)OC1CCOCC1. The van der Waals surface area contributed by atoms with Crippen LogP contribution in [-0.2, 0) is 31.2 Å². The molecule has 0 aliphatic carbocycles. The molecule has 0 bridgehead atoms. The molecule has 3 aromatic heterocycles. The molecule has 4 aromatic rings. The minimum atomic E-state index is -1.61. The van der Waals surface area contributed by atoms with Gasteiger partial charge in [-0.25, -0.2) is 19.8 Å². The molecule has 1 aliphatic rings. The number of nitrogens with zero attached hydrogens (tertiary/aromatic N) is 3. The number of carbonyl (C=O) groups excluding carboxylic acids is 1. The van der Waals surface area contributed by atoms with Gasteiger partial charge in [0.15, 0.2) is 0 Å². The molecule has 1 N–H and O–H groups in total. The lowest BCUT2D eigenvalue weighted by atomic mass is 10.0. The summed E-state index contributed by atoms with van der Waals surface area (Å²) in [6.07, 6.45) is 3.32. The largest absolute Gasteiger partial charge is 0.496 e. The summed E-state index contributed by atoms with van der Waals surface area (Å²) in [5.74, 6) is 0.295. The van der Waals surface area contributed by atoms with Gasteiger partial charge in [0.25, 0.3) is 11.5 Å². The third-order valence-electron chi connectivity index (χ3n) is 7.70. The van der Waals surface area contributed by atoms with E-state index in [4.69, 9.17) is 23.5 Å². The highest BCUT2D eigenvalue weighted by Gasteiger charge is 2.37. The summed E-state index contributed by atoms with van der Waals surface area (Å²) >= 11 is 1.23. The monoisotopic (exact) mass is 626 g/mol. The van der Waals surface area contributed by atoms with Gasteiger partial charge >= 0.3 is 5.69 Å². The van der Waals surface area contributed by atoms with E-state index in [0.29, 0.717) is 58.4 Å². The molecule has 5 rings (SSSR count). The van der Waals surface area contributed by atoms with Crippen LogP contribution in [0.1, 0.15) is 57.8 Å². The molecular formula is C31H38N4O8S. The Labute approximate surface area is 258 Å². The number of rotatable bonds is 11. The Hall–Kier alpha value is -3.78. The van der Waals surface area contributed by atoms with Gasteiger partial charge in [-0.2, -0.15) is 0 Å². The maximum Gasteiger partial charge on any atom is 0.333 e. The van der Waals surface area contributed by atoms with Crippen LogP contribution in [0.15, 0.2) is 50.7 Å². The molecule has 13 heteroatoms. The van der Waals surface area contributed by atoms with Crippen LogP contribution in [0, 0.1) is 6.92 Å². The number of methoxy groups -OCH3 is 1. The predicted octanol–water partition coefficient (Wildman–Crippen LogP) is 4.32. The highest BCUT2D eigenvalue weighted by Crippen LogP contribution is 2.37. The number of fused-ring (bicyclic) bond motifs is 1. The molecule has 1 unspecified atom stereocenters. The lowest BCUT2D eigenvalue weighted by molar-refractivity contribution is -0.145. The van der Waals surface area contributed by atoms with Gasteiger partial charge in [-0.15, -0.1) is 11.3 Å². The molecule has 1 aliphatic heterocycles. The summed E-state index contributed by atoms with van der Waals surface area (Å²) in [5, 5.41) is 0.290. The second-order valence-electron chi connectivity index (χ2n) is 11.4. The summed E-state index contributed by atoms with van der Waals surface area (Å²) in [7, 11) is 1.58. The third-order valence-corrected chi connectivity index (χ3v) is 9.00. The van der Waals surface area contributed by atoms with Crippen molar-refractivity contribution in [2.24, 2.45) is 0 Å². The Morgan fingerprint density at radius 3 is 2.59 bits per heavy atom. The topological polar surface area (TPSA) is 136 Å². The molecule has 1 fully saturated rings. The minimum absolute atomic E-state index is 0.0402. The van der Waals surface area contributed by atoms with E-state index in [2.05, 4.69) is 10.5 Å². The fraction of sp³-hybridized carbons (Fsp3) is 0.484. The quantitative estimate of drug-likeness (QED) is 0.241. The second-order valence-corrected chi connectivity index (χ2v) is 12.4. The molecule has 1 aromatic carbocycles. The first-order valence-electron chi connectivity index (χ1n) is 14.6. The van der Waals surface area contributed by atoms with Gasteiger partial charge in [0.2, 0.25) is 5.89 Å². The zero-order valence-corrected chi connectivity index (χ0v) is 26.6. The van der Waals surface area contributed by atoms with Crippen LogP contribution in [0.4, 0.5) is 0 Å². The molecule has 0 saturated carbocycles. The molecule has 236 valence electrons. The maximum atomic E-state index is 14.5. The number of thiophene rings is 1. The molecule has 12 nitrogen and oxygen atoms in total. The van der Waals surface area contributed by atoms with E-state index in [-0.39, 0.29) is 18.8 Å². The zero-order chi connectivity index (χ0) is 31.6. The van der Waals surface area contributed by atoms with Crippen LogP contribution < -0.4 is 21.5 Å². The number of carbonyl (C=O) groups is 1. The number of amides is 1. The second kappa shape index (κ2) is 13.1. The lowest BCUT2D eigenvalue weighted by Gasteiger charge is -2.30. The zero-order valence-electron chi connectivity index (χ0n) is 25.7. The number of nitrogens with one attached hydrogen (secondary N) is 1. The number of ether oxygens (including phenoxy) is 3. The fourth-order valence-electron chi connectivity index (χ4n) is 5.30. The molecule has 1 atom stereocenters. The lowest BCUT2D eigenvalue weighted by Crippen LogP contribution is -2.56. The van der Waals surface area contributed by atoms with Crippen molar-refractivity contribution in [2.75, 3.05) is 20.3 Å². The van der Waals surface area contributed by atoms with E-state index in [1.807, 2.05) is 24.3 Å². The average molecular weight is 627 g/mol. The summed E-state index contributed by atoms with van der Waals surface area (Å²) in [6, 6.07) is 7.49. The first-order chi connectivity index (χ1) is 21.0. The van der Waals surface area contributed by atoms with Crippen LogP contribution in [0.5, 0.6) is 5.75 Å². The van der Waals surface area contributed by atoms with Crippen molar-refractivity contribution in [3.8, 4) is 16.5 Å². The highest BCUT2D eigenvalue weighted by molar-refractivity contribution is 7.22. The van der Waals surface area contributed by atoms with Crippen molar-refractivity contribution in [1.82, 2.24) is 19.6 Å². The number of aryl methyl sites for hydroxylation is 1. The molecule has 0 radical (unpaired) electrons. The molecule has 0 spiro atoms. The predicted molar refractivity (Wildman–Crippen MR) is 165 cm³/mol. The summed E-state index contributed by atoms with van der Waals surface area (Å²) in [4.78, 5) is 52.7. The van der Waals surface area contributed by atoms with Crippen molar-refractivity contribution in [3.05, 3.63) is 68.7 Å². The minimum Gasteiger partial charge on any atom is -0.496 e. The number of oxazole rings is 1. The molecular weight excluding hydrogens is 588 g/mol. The van der Waals surface area contributed by atoms with Crippen LogP contribution in [0.25, 0.3) is 21.0 Å². The van der Waals surface area contributed by atoms with Crippen LogP contribution in [0.2, 0.25) is 0 Å². The maximum absolute atomic E-state index is 14.5. The van der Waals surface area contributed by atoms with E-state index < -0.39 is 28.8 Å². The first-order valence-corrected chi connectivity index (χ1v) is 15.4. The van der Waals surface area contributed by atoms with Gasteiger partial charge in [-0.1, -0.05) is 18.2 Å². The van der Waals surface area contributed by atoms with Gasteiger partial charge in [0.05, 0.1) is 42.3 Å². The standard InChI is InChI=1S/C31H38N4O8S/c1-18(2)43-33-29(37)31(4,5)35-27(36)24-19(3)25(26-32-13-16-41-26)44-28(24)34(30(35)38)17-23(42-20-11-14-40-15-12-20)21-9-7-8-10-22(21)39-6/h7-10,13,16,18,20,23H,11-12,14-15,17H2,1-6H3,(H,33,37). The van der Waals surface area contributed by atoms with Crippen molar-refractivity contribution in [1.29, 1.82) is 0 Å². The highest BCUT2D eigenvalue weighted by atomic mass is 32.1. The van der Waals surface area contributed by atoms with E-state index in [9.17, 15) is 14.4 Å². The van der Waals surface area contributed by atoms with Gasteiger partial charge in [-0.05, 0) is 59.1 Å². The van der Waals surface area contributed by atoms with E-state index >= 15 is 0 Å². The number of para-hydroxylation sites is 1. The first kappa shape index (κ1) is 31.6. The van der Waals surface area contributed by atoms with Crippen LogP contribution in [-0.4, -0.2) is 52.6 Å². The Morgan fingerprint density at radius 2 is 1.93 bits per heavy atom. The number of hydrogen-bond acceptors (Lipinski definition) is 10. The van der Waals surface area contributed by atoms with Crippen molar-refractivity contribution >= 4 is 27.5 Å². The average Bonchev–Trinajstić information content (AvgIpc) is 3.66. The fourth-order valence-corrected chi connectivity index (χ4v) is 6.54. The Kier molecular flexibility index (Phi) is 9.39. The number of benzene rings is 1. The summed E-state index contributed by atoms with van der Waals surface area (Å²) in [6.45, 7) is 9.51. The van der Waals surface area contributed by atoms with E-state index in [1.165, 1.54) is 42.2 Å². The van der Waals surface area contributed by atoms with Crippen LogP contribution >= 0.6 is 11.3 Å². The molecule has 1 amide bonds. The Morgan fingerprint density at radius 1 is 1.20 bits per heavy atom. The summed E-state index contributed by atoms with van der Waals surface area (Å²) in [5.41, 5.74) is 0.865. The number of hydrogen-bond donors (Lipinski definition) is 1. The number of aromatic nitrogens is 3. The molecule has 1 saturated heterocycles. The van der Waals surface area contributed by atoms with Crippen LogP contribution in [0.3, 0.4) is 0 Å².